The standard InChI is InChI=1S/C23H27N5O4S/c1-14-10-11-20(27-33(31,32)17(4)18-8-6-5-7-9-18)23(30)28(14)21-19(12-25-13-29)15(2)16(3)26-22(21)24/h5-11,13,16-17,27H,2,12H2,1,3-4H3,(H2,24,26)(H,25,29). The summed E-state index contributed by atoms with van der Waals surface area (Å²) in [6, 6.07) is 11.4. The third-order valence-electron chi connectivity index (χ3n) is 5.60. The quantitative estimate of drug-likeness (QED) is 0.508. The van der Waals surface area contributed by atoms with Crippen LogP contribution in [0.2, 0.25) is 0 Å². The number of hydrogen-bond acceptors (Lipinski definition) is 6. The predicted molar refractivity (Wildman–Crippen MR) is 130 cm³/mol. The molecule has 1 aromatic carbocycles. The van der Waals surface area contributed by atoms with Crippen LogP contribution in [0.3, 0.4) is 0 Å². The number of anilines is 1. The molecule has 1 aliphatic rings. The van der Waals surface area contributed by atoms with Crippen LogP contribution in [0.25, 0.3) is 5.70 Å². The summed E-state index contributed by atoms with van der Waals surface area (Å²) in [7, 11) is -3.93. The number of aromatic nitrogens is 1. The van der Waals surface area contributed by atoms with Gasteiger partial charge in [0.25, 0.3) is 5.56 Å². The third-order valence-corrected chi connectivity index (χ3v) is 7.31. The zero-order valence-corrected chi connectivity index (χ0v) is 19.5. The third kappa shape index (κ3) is 4.75. The van der Waals surface area contributed by atoms with Gasteiger partial charge >= 0.3 is 0 Å². The van der Waals surface area contributed by atoms with Gasteiger partial charge in [-0.25, -0.2) is 8.42 Å². The predicted octanol–water partition coefficient (Wildman–Crippen LogP) is 1.93. The van der Waals surface area contributed by atoms with Crippen LogP contribution in [0.15, 0.2) is 70.0 Å². The lowest BCUT2D eigenvalue weighted by Crippen LogP contribution is -2.37. The van der Waals surface area contributed by atoms with Crippen LogP contribution in [0, 0.1) is 6.92 Å². The molecule has 0 radical (unpaired) electrons. The van der Waals surface area contributed by atoms with E-state index in [0.29, 0.717) is 28.8 Å². The molecule has 2 aromatic rings. The SMILES string of the molecule is C=C1C(CNC=O)=C(n2c(C)ccc(NS(=O)(=O)C(C)c3ccccc3)c2=O)C(N)=NC1C. The molecule has 3 rings (SSSR count). The number of benzene rings is 1. The summed E-state index contributed by atoms with van der Waals surface area (Å²) in [4.78, 5) is 28.7. The first-order chi connectivity index (χ1) is 15.6. The van der Waals surface area contributed by atoms with E-state index >= 15 is 0 Å². The molecule has 2 atom stereocenters. The maximum absolute atomic E-state index is 13.5. The first-order valence-electron chi connectivity index (χ1n) is 10.3. The number of rotatable bonds is 8. The number of amidine groups is 1. The molecule has 0 aliphatic carbocycles. The van der Waals surface area contributed by atoms with Crippen molar-refractivity contribution >= 4 is 33.7 Å². The molecule has 174 valence electrons. The molecule has 1 aliphatic heterocycles. The number of nitrogens with one attached hydrogen (secondary N) is 2. The highest BCUT2D eigenvalue weighted by molar-refractivity contribution is 7.92. The van der Waals surface area contributed by atoms with E-state index in [1.807, 2.05) is 0 Å². The monoisotopic (exact) mass is 469 g/mol. The summed E-state index contributed by atoms with van der Waals surface area (Å²) in [6.45, 7) is 9.17. The summed E-state index contributed by atoms with van der Waals surface area (Å²) in [5.41, 5.74) is 7.98. The van der Waals surface area contributed by atoms with Crippen molar-refractivity contribution in [1.29, 1.82) is 0 Å². The fourth-order valence-corrected chi connectivity index (χ4v) is 4.78. The molecular weight excluding hydrogens is 442 g/mol. The van der Waals surface area contributed by atoms with Gasteiger partial charge in [0.05, 0.1) is 11.7 Å². The molecule has 2 unspecified atom stereocenters. The highest BCUT2D eigenvalue weighted by atomic mass is 32.2. The molecule has 0 saturated heterocycles. The van der Waals surface area contributed by atoms with Crippen molar-refractivity contribution < 1.29 is 13.2 Å². The first-order valence-corrected chi connectivity index (χ1v) is 11.9. The molecule has 0 spiro atoms. The second-order valence-electron chi connectivity index (χ2n) is 7.77. The van der Waals surface area contributed by atoms with Crippen LogP contribution in [0.4, 0.5) is 5.69 Å². The average molecular weight is 470 g/mol. The van der Waals surface area contributed by atoms with E-state index < -0.39 is 20.8 Å². The Balaban J connectivity index is 2.12. The Kier molecular flexibility index (Phi) is 6.87. The Morgan fingerprint density at radius 3 is 2.55 bits per heavy atom. The number of sulfonamides is 1. The van der Waals surface area contributed by atoms with Crippen molar-refractivity contribution in [3.63, 3.8) is 0 Å². The minimum atomic E-state index is -3.93. The van der Waals surface area contributed by atoms with Crippen molar-refractivity contribution in [3.8, 4) is 0 Å². The van der Waals surface area contributed by atoms with Crippen LogP contribution >= 0.6 is 0 Å². The number of aryl methyl sites for hydroxylation is 1. The lowest BCUT2D eigenvalue weighted by Gasteiger charge is -2.27. The number of nitrogens with zero attached hydrogens (tertiary/aromatic N) is 2. The van der Waals surface area contributed by atoms with E-state index in [1.165, 1.54) is 10.6 Å². The number of dihydropyridines is 1. The van der Waals surface area contributed by atoms with Gasteiger partial charge in [-0.2, -0.15) is 0 Å². The highest BCUT2D eigenvalue weighted by Gasteiger charge is 2.28. The number of carbonyl (C=O) groups is 1. The molecule has 33 heavy (non-hydrogen) atoms. The zero-order chi connectivity index (χ0) is 24.3. The highest BCUT2D eigenvalue weighted by Crippen LogP contribution is 2.28. The number of carbonyl (C=O) groups excluding carboxylic acids is 1. The van der Waals surface area contributed by atoms with Crippen molar-refractivity contribution in [2.45, 2.75) is 32.1 Å². The van der Waals surface area contributed by atoms with Crippen LogP contribution in [-0.4, -0.2) is 37.8 Å². The van der Waals surface area contributed by atoms with Gasteiger partial charge in [-0.05, 0) is 44.0 Å². The fourth-order valence-electron chi connectivity index (χ4n) is 3.63. The molecule has 10 heteroatoms. The molecule has 0 fully saturated rings. The second-order valence-corrected chi connectivity index (χ2v) is 9.77. The maximum Gasteiger partial charge on any atom is 0.279 e. The molecule has 4 N–H and O–H groups in total. The maximum atomic E-state index is 13.5. The summed E-state index contributed by atoms with van der Waals surface area (Å²) in [5.74, 6) is 0.0976. The van der Waals surface area contributed by atoms with Crippen LogP contribution < -0.4 is 21.3 Å². The molecule has 9 nitrogen and oxygen atoms in total. The van der Waals surface area contributed by atoms with Gasteiger partial charge in [0.2, 0.25) is 16.4 Å². The Morgan fingerprint density at radius 2 is 1.91 bits per heavy atom. The van der Waals surface area contributed by atoms with Crippen molar-refractivity contribution in [3.05, 3.63) is 81.8 Å². The summed E-state index contributed by atoms with van der Waals surface area (Å²) in [5, 5.41) is 1.69. The second kappa shape index (κ2) is 9.45. The van der Waals surface area contributed by atoms with E-state index in [-0.39, 0.29) is 29.8 Å². The summed E-state index contributed by atoms with van der Waals surface area (Å²) >= 11 is 0. The van der Waals surface area contributed by atoms with E-state index in [0.717, 1.165) is 0 Å². The molecule has 2 heterocycles. The van der Waals surface area contributed by atoms with E-state index in [1.54, 1.807) is 57.2 Å². The van der Waals surface area contributed by atoms with Gasteiger partial charge < -0.3 is 11.1 Å². The molecule has 0 bridgehead atoms. The van der Waals surface area contributed by atoms with Crippen LogP contribution in [0.5, 0.6) is 0 Å². The smallest absolute Gasteiger partial charge is 0.279 e. The lowest BCUT2D eigenvalue weighted by atomic mass is 9.95. The minimum Gasteiger partial charge on any atom is -0.382 e. The molecular formula is C23H27N5O4S. The Labute approximate surface area is 192 Å². The topological polar surface area (TPSA) is 136 Å². The Hall–Kier alpha value is -3.66. The normalized spacial score (nSPS) is 17.4. The number of amides is 1. The molecule has 1 amide bonds. The number of hydrogen-bond donors (Lipinski definition) is 3. The number of pyridine rings is 1. The molecule has 1 aromatic heterocycles. The first kappa shape index (κ1) is 24.0. The average Bonchev–Trinajstić information content (AvgIpc) is 2.78. The minimum absolute atomic E-state index is 0.0884. The van der Waals surface area contributed by atoms with E-state index in [9.17, 15) is 18.0 Å². The summed E-state index contributed by atoms with van der Waals surface area (Å²) in [6.07, 6.45) is 0.537. The van der Waals surface area contributed by atoms with E-state index in [2.05, 4.69) is 21.6 Å². The van der Waals surface area contributed by atoms with Crippen molar-refractivity contribution in [2.24, 2.45) is 10.7 Å². The summed E-state index contributed by atoms with van der Waals surface area (Å²) < 4.78 is 29.7. The van der Waals surface area contributed by atoms with Gasteiger partial charge in [-0.15, -0.1) is 0 Å². The molecule has 0 saturated carbocycles. The van der Waals surface area contributed by atoms with Crippen LogP contribution in [0.1, 0.15) is 30.4 Å². The van der Waals surface area contributed by atoms with Gasteiger partial charge in [-0.1, -0.05) is 36.9 Å². The lowest BCUT2D eigenvalue weighted by molar-refractivity contribution is -0.109. The van der Waals surface area contributed by atoms with Crippen molar-refractivity contribution in [1.82, 2.24) is 9.88 Å². The number of aliphatic imine (C=N–C) groups is 1. The zero-order valence-electron chi connectivity index (χ0n) is 18.7. The van der Waals surface area contributed by atoms with Gasteiger partial charge in [0.15, 0.2) is 0 Å². The van der Waals surface area contributed by atoms with Crippen LogP contribution in [-0.2, 0) is 14.8 Å². The Morgan fingerprint density at radius 1 is 1.24 bits per heavy atom. The Bertz CT molecular complexity index is 1310. The van der Waals surface area contributed by atoms with Gasteiger partial charge in [-0.3, -0.25) is 23.9 Å². The largest absolute Gasteiger partial charge is 0.382 e. The van der Waals surface area contributed by atoms with Crippen molar-refractivity contribution in [2.75, 3.05) is 11.3 Å². The van der Waals surface area contributed by atoms with Gasteiger partial charge in [0, 0.05) is 17.8 Å². The van der Waals surface area contributed by atoms with E-state index in [4.69, 9.17) is 5.73 Å². The number of nitrogens with two attached hydrogens (primary N) is 1. The van der Waals surface area contributed by atoms with Gasteiger partial charge in [0.1, 0.15) is 16.8 Å². The fraction of sp³-hybridized carbons (Fsp3) is 0.261.